The van der Waals surface area contributed by atoms with Gasteiger partial charge in [-0.2, -0.15) is 8.42 Å². The molecule has 120 valence electrons. The number of hydrogen-bond acceptors (Lipinski definition) is 5. The molecule has 0 aromatic heterocycles. The number of Topliss-reactive ketones (excluding diaryl/α,β-unsaturated/α-hetero) is 1. The monoisotopic (exact) mass is 322 g/mol. The van der Waals surface area contributed by atoms with Gasteiger partial charge in [0.15, 0.2) is 0 Å². The molecule has 8 nitrogen and oxygen atoms in total. The van der Waals surface area contributed by atoms with Gasteiger partial charge < -0.3 is 10.2 Å². The molecule has 0 saturated heterocycles. The number of ketones is 1. The van der Waals surface area contributed by atoms with E-state index in [4.69, 9.17) is 24.4 Å². The van der Waals surface area contributed by atoms with Crippen molar-refractivity contribution in [2.45, 2.75) is 33.1 Å². The molecule has 0 radical (unpaired) electrons. The van der Waals surface area contributed by atoms with Crippen LogP contribution in [0.3, 0.4) is 0 Å². The molecule has 2 aliphatic rings. The predicted octanol–water partition coefficient (Wildman–Crippen LogP) is 0.425. The summed E-state index contributed by atoms with van der Waals surface area (Å²) in [6.07, 6.45) is 1.97. The van der Waals surface area contributed by atoms with Gasteiger partial charge in [0.1, 0.15) is 5.78 Å². The van der Waals surface area contributed by atoms with Crippen LogP contribution < -0.4 is 0 Å². The highest BCUT2D eigenvalue weighted by molar-refractivity contribution is 7.85. The second-order valence-electron chi connectivity index (χ2n) is 6.00. The first-order valence-corrected chi connectivity index (χ1v) is 7.89. The van der Waals surface area contributed by atoms with Crippen molar-refractivity contribution in [3.63, 3.8) is 0 Å². The number of carbonyl (C=O) groups is 3. The molecule has 0 aromatic carbocycles. The fraction of sp³-hybridized carbons (Fsp3) is 0.750. The van der Waals surface area contributed by atoms with Gasteiger partial charge in [-0.15, -0.1) is 0 Å². The Hall–Kier alpha value is -1.48. The van der Waals surface area contributed by atoms with Crippen molar-refractivity contribution in [3.05, 3.63) is 0 Å². The highest BCUT2D eigenvalue weighted by atomic mass is 32.2. The Labute approximate surface area is 121 Å². The standard InChI is InChI=1S/C10H16O4S.C2H2O4/c1-9(2)7-3-4-10(9,8(11)5-7)6-15(12,13)14;3-1(4)2(5)6/h7H,3-6H2,1-2H3,(H,12,13,14);(H,3,4)(H,5,6). The Morgan fingerprint density at radius 1 is 1.24 bits per heavy atom. The first kappa shape index (κ1) is 17.6. The summed E-state index contributed by atoms with van der Waals surface area (Å²) in [5.41, 5.74) is -1.12. The van der Waals surface area contributed by atoms with Crippen LogP contribution in [0.4, 0.5) is 0 Å². The van der Waals surface area contributed by atoms with Gasteiger partial charge in [0.25, 0.3) is 10.1 Å². The molecular formula is C12H18O8S. The minimum atomic E-state index is -4.08. The highest BCUT2D eigenvalue weighted by Crippen LogP contribution is 2.64. The van der Waals surface area contributed by atoms with Gasteiger partial charge in [0.2, 0.25) is 0 Å². The molecule has 0 heterocycles. The third-order valence-electron chi connectivity index (χ3n) is 4.75. The maximum absolute atomic E-state index is 11.9. The second kappa shape index (κ2) is 5.38. The van der Waals surface area contributed by atoms with Crippen LogP contribution in [0.1, 0.15) is 33.1 Å². The van der Waals surface area contributed by atoms with Gasteiger partial charge in [-0.3, -0.25) is 9.35 Å². The first-order valence-electron chi connectivity index (χ1n) is 6.28. The van der Waals surface area contributed by atoms with Crippen LogP contribution in [0.25, 0.3) is 0 Å². The summed E-state index contributed by atoms with van der Waals surface area (Å²) in [6, 6.07) is 0. The van der Waals surface area contributed by atoms with E-state index in [0.717, 1.165) is 6.42 Å². The number of rotatable bonds is 2. The number of fused-ring (bicyclic) bond motifs is 2. The van der Waals surface area contributed by atoms with Crippen molar-refractivity contribution >= 4 is 27.8 Å². The van der Waals surface area contributed by atoms with E-state index in [9.17, 15) is 13.2 Å². The summed E-state index contributed by atoms with van der Waals surface area (Å²) in [4.78, 5) is 30.1. The fourth-order valence-electron chi connectivity index (χ4n) is 3.42. The van der Waals surface area contributed by atoms with E-state index in [-0.39, 0.29) is 17.1 Å². The zero-order valence-electron chi connectivity index (χ0n) is 11.7. The number of carboxylic acids is 2. The van der Waals surface area contributed by atoms with Crippen LogP contribution in [-0.4, -0.2) is 46.7 Å². The van der Waals surface area contributed by atoms with Gasteiger partial charge in [-0.25, -0.2) is 9.59 Å². The van der Waals surface area contributed by atoms with Crippen molar-refractivity contribution < 1.29 is 37.6 Å². The second-order valence-corrected chi connectivity index (χ2v) is 7.46. The maximum atomic E-state index is 11.9. The predicted molar refractivity (Wildman–Crippen MR) is 70.2 cm³/mol. The quantitative estimate of drug-likeness (QED) is 0.490. The largest absolute Gasteiger partial charge is 0.473 e. The van der Waals surface area contributed by atoms with E-state index in [1.807, 2.05) is 13.8 Å². The highest BCUT2D eigenvalue weighted by Gasteiger charge is 2.65. The summed E-state index contributed by atoms with van der Waals surface area (Å²) in [6.45, 7) is 3.89. The van der Waals surface area contributed by atoms with Crippen LogP contribution in [-0.2, 0) is 24.5 Å². The van der Waals surface area contributed by atoms with E-state index in [1.54, 1.807) is 0 Å². The van der Waals surface area contributed by atoms with E-state index in [2.05, 4.69) is 0 Å². The lowest BCUT2D eigenvalue weighted by Gasteiger charge is -2.35. The Morgan fingerprint density at radius 3 is 1.95 bits per heavy atom. The third kappa shape index (κ3) is 3.24. The average molecular weight is 322 g/mol. The van der Waals surface area contributed by atoms with Gasteiger partial charge >= 0.3 is 11.9 Å². The zero-order valence-corrected chi connectivity index (χ0v) is 12.5. The summed E-state index contributed by atoms with van der Waals surface area (Å²) >= 11 is 0. The lowest BCUT2D eigenvalue weighted by atomic mass is 9.70. The topological polar surface area (TPSA) is 146 Å². The van der Waals surface area contributed by atoms with E-state index < -0.39 is 33.2 Å². The molecular weight excluding hydrogens is 304 g/mol. The van der Waals surface area contributed by atoms with Crippen molar-refractivity contribution in [2.75, 3.05) is 5.75 Å². The molecule has 3 N–H and O–H groups in total. The molecule has 2 saturated carbocycles. The third-order valence-corrected chi connectivity index (χ3v) is 5.61. The number of aliphatic carboxylic acids is 2. The van der Waals surface area contributed by atoms with Crippen molar-refractivity contribution in [3.8, 4) is 0 Å². The van der Waals surface area contributed by atoms with E-state index >= 15 is 0 Å². The van der Waals surface area contributed by atoms with Gasteiger partial charge in [0.05, 0.1) is 11.2 Å². The zero-order chi connectivity index (χ0) is 16.6. The van der Waals surface area contributed by atoms with Crippen molar-refractivity contribution in [1.82, 2.24) is 0 Å². The molecule has 2 fully saturated rings. The van der Waals surface area contributed by atoms with Crippen LogP contribution in [0.2, 0.25) is 0 Å². The number of carbonyl (C=O) groups excluding carboxylic acids is 1. The Balaban J connectivity index is 0.000000315. The maximum Gasteiger partial charge on any atom is 0.414 e. The molecule has 9 heteroatoms. The van der Waals surface area contributed by atoms with Crippen LogP contribution in [0, 0.1) is 16.7 Å². The summed E-state index contributed by atoms with van der Waals surface area (Å²) < 4.78 is 31.0. The number of carboxylic acid groups (broad SMARTS) is 2. The molecule has 21 heavy (non-hydrogen) atoms. The average Bonchev–Trinajstić information content (AvgIpc) is 2.61. The molecule has 0 spiro atoms. The molecule has 2 unspecified atom stereocenters. The van der Waals surface area contributed by atoms with Crippen molar-refractivity contribution in [1.29, 1.82) is 0 Å². The lowest BCUT2D eigenvalue weighted by molar-refractivity contribution is -0.159. The minimum absolute atomic E-state index is 0.0152. The SMILES string of the molecule is CC1(C)C2CCC1(CS(=O)(=O)O)C(=O)C2.O=C(O)C(=O)O. The van der Waals surface area contributed by atoms with Gasteiger partial charge in [-0.05, 0) is 24.2 Å². The molecule has 2 bridgehead atoms. The molecule has 2 atom stereocenters. The molecule has 0 aliphatic heterocycles. The van der Waals surface area contributed by atoms with Crippen LogP contribution >= 0.6 is 0 Å². The van der Waals surface area contributed by atoms with Gasteiger partial charge in [0, 0.05) is 6.42 Å². The molecule has 2 aliphatic carbocycles. The summed E-state index contributed by atoms with van der Waals surface area (Å²) in [5, 5.41) is 14.8. The fourth-order valence-corrected chi connectivity index (χ4v) is 4.72. The normalized spacial score (nSPS) is 29.7. The van der Waals surface area contributed by atoms with E-state index in [1.165, 1.54) is 0 Å². The summed E-state index contributed by atoms with van der Waals surface area (Å²) in [5.74, 6) is -3.75. The van der Waals surface area contributed by atoms with E-state index in [0.29, 0.717) is 12.8 Å². The van der Waals surface area contributed by atoms with Crippen LogP contribution in [0.15, 0.2) is 0 Å². The lowest BCUT2D eigenvalue weighted by Crippen LogP contribution is -2.42. The molecule has 0 aromatic rings. The minimum Gasteiger partial charge on any atom is -0.473 e. The smallest absolute Gasteiger partial charge is 0.414 e. The molecule has 0 amide bonds. The van der Waals surface area contributed by atoms with Crippen molar-refractivity contribution in [2.24, 2.45) is 16.7 Å². The Kier molecular flexibility index (Phi) is 4.50. The first-order chi connectivity index (χ1) is 9.33. The number of hydrogen-bond donors (Lipinski definition) is 3. The summed E-state index contributed by atoms with van der Waals surface area (Å²) in [7, 11) is -4.08. The Bertz CT molecular complexity index is 564. The van der Waals surface area contributed by atoms with Gasteiger partial charge in [-0.1, -0.05) is 13.8 Å². The Morgan fingerprint density at radius 2 is 1.71 bits per heavy atom. The molecule has 2 rings (SSSR count). The van der Waals surface area contributed by atoms with Crippen LogP contribution in [0.5, 0.6) is 0 Å².